The maximum Gasteiger partial charge on any atom is 0.230 e. The van der Waals surface area contributed by atoms with E-state index >= 15 is 0 Å². The van der Waals surface area contributed by atoms with Gasteiger partial charge in [0.25, 0.3) is 0 Å². The maximum absolute atomic E-state index is 12.9. The van der Waals surface area contributed by atoms with Crippen molar-refractivity contribution in [3.05, 3.63) is 59.9 Å². The van der Waals surface area contributed by atoms with Crippen molar-refractivity contribution in [3.8, 4) is 0 Å². The van der Waals surface area contributed by atoms with Gasteiger partial charge in [0.1, 0.15) is 11.3 Å². The first-order valence-electron chi connectivity index (χ1n) is 9.41. The van der Waals surface area contributed by atoms with Gasteiger partial charge in [-0.25, -0.2) is 9.37 Å². The van der Waals surface area contributed by atoms with Crippen molar-refractivity contribution >= 4 is 39.7 Å². The molecule has 0 aliphatic rings. The van der Waals surface area contributed by atoms with E-state index in [1.165, 1.54) is 23.9 Å². The van der Waals surface area contributed by atoms with Gasteiger partial charge < -0.3 is 9.88 Å². The second-order valence-electron chi connectivity index (χ2n) is 6.63. The third-order valence-corrected chi connectivity index (χ3v) is 5.37. The molecular formula is C21H20FN5OS. The first kappa shape index (κ1) is 19.3. The molecule has 4 aromatic rings. The third-order valence-electron chi connectivity index (χ3n) is 4.54. The minimum absolute atomic E-state index is 0.142. The average molecular weight is 409 g/mol. The van der Waals surface area contributed by atoms with Gasteiger partial charge in [-0.05, 0) is 30.2 Å². The van der Waals surface area contributed by atoms with E-state index in [0.29, 0.717) is 11.7 Å². The Balaban J connectivity index is 1.46. The molecule has 0 aliphatic carbocycles. The molecule has 2 heterocycles. The molecule has 0 saturated carbocycles. The lowest BCUT2D eigenvalue weighted by Crippen LogP contribution is -2.24. The molecule has 8 heteroatoms. The minimum Gasteiger partial charge on any atom is -0.351 e. The van der Waals surface area contributed by atoms with E-state index in [2.05, 4.69) is 38.1 Å². The summed E-state index contributed by atoms with van der Waals surface area (Å²) >= 11 is 1.25. The quantitative estimate of drug-likeness (QED) is 0.468. The summed E-state index contributed by atoms with van der Waals surface area (Å²) < 4.78 is 15.1. The van der Waals surface area contributed by atoms with Crippen LogP contribution < -0.4 is 5.32 Å². The van der Waals surface area contributed by atoms with Gasteiger partial charge >= 0.3 is 0 Å². The fourth-order valence-electron chi connectivity index (χ4n) is 3.18. The third kappa shape index (κ3) is 4.22. The molecular weight excluding hydrogens is 389 g/mol. The number of hydrogen-bond donors (Lipinski definition) is 1. The smallest absolute Gasteiger partial charge is 0.230 e. The first-order valence-corrected chi connectivity index (χ1v) is 10.4. The van der Waals surface area contributed by atoms with E-state index in [-0.39, 0.29) is 17.5 Å². The van der Waals surface area contributed by atoms with E-state index in [1.807, 2.05) is 18.2 Å². The molecule has 2 aromatic carbocycles. The molecule has 0 atom stereocenters. The van der Waals surface area contributed by atoms with Crippen molar-refractivity contribution in [3.63, 3.8) is 0 Å². The molecule has 4 rings (SSSR count). The van der Waals surface area contributed by atoms with E-state index in [9.17, 15) is 9.18 Å². The topological polar surface area (TPSA) is 72.7 Å². The zero-order valence-corrected chi connectivity index (χ0v) is 16.7. The van der Waals surface area contributed by atoms with E-state index in [4.69, 9.17) is 0 Å². The highest BCUT2D eigenvalue weighted by molar-refractivity contribution is 7.99. The number of nitrogens with zero attached hydrogens (tertiary/aromatic N) is 4. The van der Waals surface area contributed by atoms with Gasteiger partial charge in [-0.2, -0.15) is 0 Å². The van der Waals surface area contributed by atoms with Crippen LogP contribution in [-0.4, -0.2) is 31.4 Å². The molecule has 2 aromatic heterocycles. The van der Waals surface area contributed by atoms with Gasteiger partial charge in [0, 0.05) is 18.5 Å². The Morgan fingerprint density at radius 3 is 2.72 bits per heavy atom. The van der Waals surface area contributed by atoms with Gasteiger partial charge in [0.15, 0.2) is 5.65 Å². The second-order valence-corrected chi connectivity index (χ2v) is 7.57. The van der Waals surface area contributed by atoms with E-state index in [0.717, 1.165) is 40.6 Å². The standard InChI is InChI=1S/C21H20FN5OS/c1-2-11-27-17-6-4-3-5-16(17)19-20(27)24-21(26-25-19)29-13-18(28)23-12-14-7-9-15(22)10-8-14/h3-10H,2,11-13H2,1H3,(H,23,28). The summed E-state index contributed by atoms with van der Waals surface area (Å²) in [4.78, 5) is 16.8. The number of rotatable bonds is 7. The molecule has 1 N–H and O–H groups in total. The number of fused-ring (bicyclic) bond motifs is 3. The van der Waals surface area contributed by atoms with Gasteiger partial charge in [0.05, 0.1) is 11.3 Å². The van der Waals surface area contributed by atoms with Crippen LogP contribution in [0.2, 0.25) is 0 Å². The van der Waals surface area contributed by atoms with Gasteiger partial charge in [-0.15, -0.1) is 10.2 Å². The Bertz CT molecular complexity index is 1160. The van der Waals surface area contributed by atoms with E-state index in [1.54, 1.807) is 12.1 Å². The normalized spacial score (nSPS) is 11.2. The average Bonchev–Trinajstić information content (AvgIpc) is 3.05. The number of aromatic nitrogens is 4. The van der Waals surface area contributed by atoms with Crippen molar-refractivity contribution in [2.45, 2.75) is 31.6 Å². The molecule has 148 valence electrons. The summed E-state index contributed by atoms with van der Waals surface area (Å²) in [5, 5.41) is 12.9. The van der Waals surface area contributed by atoms with Crippen molar-refractivity contribution < 1.29 is 9.18 Å². The van der Waals surface area contributed by atoms with Crippen LogP contribution >= 0.6 is 11.8 Å². The van der Waals surface area contributed by atoms with Crippen LogP contribution in [0.3, 0.4) is 0 Å². The van der Waals surface area contributed by atoms with E-state index < -0.39 is 0 Å². The SMILES string of the molecule is CCCn1c2ccccc2c2nnc(SCC(=O)NCc3ccc(F)cc3)nc21. The largest absolute Gasteiger partial charge is 0.351 e. The number of carbonyl (C=O) groups is 1. The van der Waals surface area contributed by atoms with Crippen molar-refractivity contribution in [1.82, 2.24) is 25.1 Å². The number of amides is 1. The number of para-hydroxylation sites is 1. The molecule has 6 nitrogen and oxygen atoms in total. The molecule has 1 amide bonds. The monoisotopic (exact) mass is 409 g/mol. The van der Waals surface area contributed by atoms with Crippen molar-refractivity contribution in [2.24, 2.45) is 0 Å². The summed E-state index contributed by atoms with van der Waals surface area (Å²) in [5.41, 5.74) is 3.50. The highest BCUT2D eigenvalue weighted by Gasteiger charge is 2.15. The van der Waals surface area contributed by atoms with Crippen LogP contribution in [0, 0.1) is 5.82 Å². The molecule has 0 unspecified atom stereocenters. The Morgan fingerprint density at radius 1 is 1.14 bits per heavy atom. The summed E-state index contributed by atoms with van der Waals surface area (Å²) in [6, 6.07) is 14.1. The Labute approximate surface area is 171 Å². The van der Waals surface area contributed by atoms with Crippen LogP contribution in [0.15, 0.2) is 53.7 Å². The highest BCUT2D eigenvalue weighted by atomic mass is 32.2. The van der Waals surface area contributed by atoms with Crippen LogP contribution in [0.4, 0.5) is 4.39 Å². The zero-order chi connectivity index (χ0) is 20.2. The Hall–Kier alpha value is -3.00. The number of aryl methyl sites for hydroxylation is 1. The number of benzene rings is 2. The van der Waals surface area contributed by atoms with Crippen LogP contribution in [0.25, 0.3) is 22.1 Å². The predicted octanol–water partition coefficient (Wildman–Crippen LogP) is 3.94. The zero-order valence-electron chi connectivity index (χ0n) is 15.9. The van der Waals surface area contributed by atoms with Crippen molar-refractivity contribution in [1.29, 1.82) is 0 Å². The Morgan fingerprint density at radius 2 is 1.93 bits per heavy atom. The number of nitrogens with one attached hydrogen (secondary N) is 1. The van der Waals surface area contributed by atoms with Gasteiger partial charge in [-0.1, -0.05) is 49.0 Å². The van der Waals surface area contributed by atoms with Gasteiger partial charge in [0.2, 0.25) is 11.1 Å². The summed E-state index contributed by atoms with van der Waals surface area (Å²) in [6.45, 7) is 3.31. The first-order chi connectivity index (χ1) is 14.2. The molecule has 0 spiro atoms. The number of carbonyl (C=O) groups excluding carboxylic acids is 1. The van der Waals surface area contributed by atoms with Gasteiger partial charge in [-0.3, -0.25) is 4.79 Å². The highest BCUT2D eigenvalue weighted by Crippen LogP contribution is 2.27. The lowest BCUT2D eigenvalue weighted by atomic mass is 10.2. The fourth-order valence-corrected chi connectivity index (χ4v) is 3.80. The lowest BCUT2D eigenvalue weighted by Gasteiger charge is -2.06. The maximum atomic E-state index is 12.9. The minimum atomic E-state index is -0.295. The van der Waals surface area contributed by atoms with Crippen molar-refractivity contribution in [2.75, 3.05) is 5.75 Å². The lowest BCUT2D eigenvalue weighted by molar-refractivity contribution is -0.118. The summed E-state index contributed by atoms with van der Waals surface area (Å²) in [6.07, 6.45) is 0.978. The van der Waals surface area contributed by atoms with Crippen LogP contribution in [0.1, 0.15) is 18.9 Å². The van der Waals surface area contributed by atoms with Crippen LogP contribution in [-0.2, 0) is 17.9 Å². The summed E-state index contributed by atoms with van der Waals surface area (Å²) in [7, 11) is 0. The van der Waals surface area contributed by atoms with Crippen LogP contribution in [0.5, 0.6) is 0 Å². The fraction of sp³-hybridized carbons (Fsp3) is 0.238. The number of hydrogen-bond acceptors (Lipinski definition) is 5. The number of thioether (sulfide) groups is 1. The Kier molecular flexibility index (Phi) is 5.71. The summed E-state index contributed by atoms with van der Waals surface area (Å²) in [5.74, 6) is -0.254. The number of halogens is 1. The molecule has 0 aliphatic heterocycles. The molecule has 0 fully saturated rings. The second kappa shape index (κ2) is 8.57. The molecule has 0 bridgehead atoms. The molecule has 29 heavy (non-hydrogen) atoms. The predicted molar refractivity (Wildman–Crippen MR) is 112 cm³/mol. The molecule has 0 saturated heterocycles. The molecule has 0 radical (unpaired) electrons.